The molecular formula is C23H26F2N2O. The summed E-state index contributed by atoms with van der Waals surface area (Å²) in [5, 5.41) is 10.9. The van der Waals surface area contributed by atoms with Gasteiger partial charge in [-0.3, -0.25) is 0 Å². The zero-order valence-corrected chi connectivity index (χ0v) is 16.3. The van der Waals surface area contributed by atoms with Gasteiger partial charge in [0.1, 0.15) is 17.3 Å². The Kier molecular flexibility index (Phi) is 4.96. The fourth-order valence-electron chi connectivity index (χ4n) is 4.46. The van der Waals surface area contributed by atoms with Gasteiger partial charge in [0, 0.05) is 22.6 Å². The van der Waals surface area contributed by atoms with Crippen LogP contribution in [0.15, 0.2) is 36.5 Å². The second kappa shape index (κ2) is 7.28. The number of pyridine rings is 1. The second-order valence-electron chi connectivity index (χ2n) is 8.55. The third-order valence-corrected chi connectivity index (χ3v) is 5.93. The maximum Gasteiger partial charge on any atom is 0.142 e. The van der Waals surface area contributed by atoms with Crippen molar-refractivity contribution in [2.24, 2.45) is 5.92 Å². The van der Waals surface area contributed by atoms with Crippen molar-refractivity contribution < 1.29 is 13.9 Å². The van der Waals surface area contributed by atoms with Gasteiger partial charge in [0.05, 0.1) is 11.8 Å². The van der Waals surface area contributed by atoms with E-state index in [0.717, 1.165) is 23.1 Å². The van der Waals surface area contributed by atoms with E-state index < -0.39 is 11.4 Å². The lowest BCUT2D eigenvalue weighted by Crippen LogP contribution is -2.18. The monoisotopic (exact) mass is 384 g/mol. The topological polar surface area (TPSA) is 48.9 Å². The molecule has 0 amide bonds. The van der Waals surface area contributed by atoms with E-state index in [9.17, 15) is 13.9 Å². The molecule has 28 heavy (non-hydrogen) atoms. The molecule has 1 aromatic carbocycles. The first-order valence-corrected chi connectivity index (χ1v) is 9.98. The first kappa shape index (κ1) is 19.1. The van der Waals surface area contributed by atoms with Gasteiger partial charge < -0.3 is 10.1 Å². The minimum atomic E-state index is -1.23. The van der Waals surface area contributed by atoms with Crippen LogP contribution in [0, 0.1) is 17.6 Å². The largest absolute Gasteiger partial charge is 0.386 e. The Morgan fingerprint density at radius 2 is 1.93 bits per heavy atom. The summed E-state index contributed by atoms with van der Waals surface area (Å²) in [5.74, 6) is -0.198. The Morgan fingerprint density at radius 1 is 1.18 bits per heavy atom. The minimum Gasteiger partial charge on any atom is -0.386 e. The summed E-state index contributed by atoms with van der Waals surface area (Å²) < 4.78 is 28.3. The minimum absolute atomic E-state index is 0.0225. The molecule has 2 heterocycles. The van der Waals surface area contributed by atoms with Crippen LogP contribution in [-0.2, 0) is 5.60 Å². The predicted octanol–water partition coefficient (Wildman–Crippen LogP) is 5.78. The highest BCUT2D eigenvalue weighted by atomic mass is 19.1. The molecule has 0 unspecified atom stereocenters. The quantitative estimate of drug-likeness (QED) is 0.586. The molecule has 2 aromatic heterocycles. The van der Waals surface area contributed by atoms with Crippen molar-refractivity contribution in [3.05, 3.63) is 65.0 Å². The van der Waals surface area contributed by atoms with Crippen LogP contribution in [0.3, 0.4) is 0 Å². The maximum atomic E-state index is 14.8. The normalized spacial score (nSPS) is 16.8. The van der Waals surface area contributed by atoms with Gasteiger partial charge in [-0.25, -0.2) is 13.8 Å². The molecule has 0 bridgehead atoms. The van der Waals surface area contributed by atoms with E-state index in [-0.39, 0.29) is 17.3 Å². The fraction of sp³-hybridized carbons (Fsp3) is 0.435. The average Bonchev–Trinajstić information content (AvgIpc) is 3.27. The number of H-pyrrole nitrogens is 1. The number of benzene rings is 1. The second-order valence-corrected chi connectivity index (χ2v) is 8.55. The Hall–Kier alpha value is -2.27. The van der Waals surface area contributed by atoms with E-state index in [1.807, 2.05) is 12.1 Å². The van der Waals surface area contributed by atoms with Crippen LogP contribution in [0.5, 0.6) is 0 Å². The summed E-state index contributed by atoms with van der Waals surface area (Å²) in [6.45, 7) is 3.16. The number of aromatic nitrogens is 2. The van der Waals surface area contributed by atoms with E-state index in [4.69, 9.17) is 0 Å². The third kappa shape index (κ3) is 3.81. The molecule has 1 fully saturated rings. The highest BCUT2D eigenvalue weighted by Crippen LogP contribution is 2.39. The highest BCUT2D eigenvalue weighted by Gasteiger charge is 2.27. The molecule has 1 aliphatic rings. The van der Waals surface area contributed by atoms with Gasteiger partial charge in [-0.2, -0.15) is 0 Å². The number of hydrogen-bond acceptors (Lipinski definition) is 2. The van der Waals surface area contributed by atoms with Gasteiger partial charge in [0.25, 0.3) is 0 Å². The lowest BCUT2D eigenvalue weighted by Gasteiger charge is -2.23. The number of nitrogens with zero attached hydrogens (tertiary/aromatic N) is 1. The van der Waals surface area contributed by atoms with Crippen LogP contribution in [0.1, 0.15) is 68.7 Å². The summed E-state index contributed by atoms with van der Waals surface area (Å²) >= 11 is 0. The van der Waals surface area contributed by atoms with Crippen LogP contribution in [0.2, 0.25) is 0 Å². The van der Waals surface area contributed by atoms with Crippen molar-refractivity contribution in [3.63, 3.8) is 0 Å². The van der Waals surface area contributed by atoms with Gasteiger partial charge in [-0.05, 0) is 49.9 Å². The van der Waals surface area contributed by atoms with Crippen LogP contribution in [-0.4, -0.2) is 15.1 Å². The van der Waals surface area contributed by atoms with Crippen LogP contribution < -0.4 is 0 Å². The molecule has 3 aromatic rings. The van der Waals surface area contributed by atoms with Gasteiger partial charge in [0.15, 0.2) is 0 Å². The van der Waals surface area contributed by atoms with Gasteiger partial charge >= 0.3 is 0 Å². The molecule has 0 spiro atoms. The zero-order valence-electron chi connectivity index (χ0n) is 16.3. The Balaban J connectivity index is 1.75. The summed E-state index contributed by atoms with van der Waals surface area (Å²) in [6, 6.07) is 8.49. The zero-order chi connectivity index (χ0) is 19.9. The average molecular weight is 384 g/mol. The Labute approximate surface area is 163 Å². The van der Waals surface area contributed by atoms with E-state index in [1.165, 1.54) is 44.0 Å². The summed E-state index contributed by atoms with van der Waals surface area (Å²) in [6.07, 6.45) is 6.97. The number of nitrogens with one attached hydrogen (secondary N) is 1. The maximum absolute atomic E-state index is 14.8. The SMILES string of the molecule is CC(C)(O)c1ccc([C@@H](CC2CCCC2)c2cc3cc(F)cnc3[nH]2)cc1F. The number of halogens is 2. The number of aliphatic hydroxyl groups is 1. The Bertz CT molecular complexity index is 984. The van der Waals surface area contributed by atoms with Crippen LogP contribution >= 0.6 is 0 Å². The molecule has 148 valence electrons. The van der Waals surface area contributed by atoms with Crippen molar-refractivity contribution in [1.29, 1.82) is 0 Å². The summed E-state index contributed by atoms with van der Waals surface area (Å²) in [4.78, 5) is 7.45. The van der Waals surface area contributed by atoms with Crippen molar-refractivity contribution in [3.8, 4) is 0 Å². The summed E-state index contributed by atoms with van der Waals surface area (Å²) in [7, 11) is 0. The Morgan fingerprint density at radius 3 is 2.61 bits per heavy atom. The van der Waals surface area contributed by atoms with Crippen molar-refractivity contribution >= 4 is 11.0 Å². The van der Waals surface area contributed by atoms with E-state index >= 15 is 0 Å². The predicted molar refractivity (Wildman–Crippen MR) is 106 cm³/mol. The molecule has 0 saturated heterocycles. The molecule has 0 aliphatic heterocycles. The standard InChI is InChI=1S/C23H26F2N2O/c1-23(2,28)19-8-7-15(11-20(19)25)18(9-14-5-3-4-6-14)21-12-16-10-17(24)13-26-22(16)27-21/h7-8,10-14,18,28H,3-6,9H2,1-2H3,(H,26,27)/t18-/m1/s1. The first-order chi connectivity index (χ1) is 13.3. The summed E-state index contributed by atoms with van der Waals surface area (Å²) in [5.41, 5.74) is 1.49. The van der Waals surface area contributed by atoms with Crippen molar-refractivity contribution in [2.45, 2.75) is 57.5 Å². The molecular weight excluding hydrogens is 358 g/mol. The van der Waals surface area contributed by atoms with E-state index in [0.29, 0.717) is 11.6 Å². The number of fused-ring (bicyclic) bond motifs is 1. The smallest absolute Gasteiger partial charge is 0.142 e. The molecule has 3 nitrogen and oxygen atoms in total. The number of aromatic amines is 1. The fourth-order valence-corrected chi connectivity index (χ4v) is 4.46. The van der Waals surface area contributed by atoms with Gasteiger partial charge in [0.2, 0.25) is 0 Å². The number of hydrogen-bond donors (Lipinski definition) is 2. The molecule has 4 rings (SSSR count). The molecule has 1 aliphatic carbocycles. The van der Waals surface area contributed by atoms with Crippen molar-refractivity contribution in [2.75, 3.05) is 0 Å². The highest BCUT2D eigenvalue weighted by molar-refractivity contribution is 5.76. The van der Waals surface area contributed by atoms with Gasteiger partial charge in [-0.15, -0.1) is 0 Å². The lowest BCUT2D eigenvalue weighted by molar-refractivity contribution is 0.0745. The molecule has 1 saturated carbocycles. The molecule has 2 N–H and O–H groups in total. The van der Waals surface area contributed by atoms with E-state index in [2.05, 4.69) is 9.97 Å². The van der Waals surface area contributed by atoms with Crippen LogP contribution in [0.4, 0.5) is 8.78 Å². The molecule has 5 heteroatoms. The van der Waals surface area contributed by atoms with Gasteiger partial charge in [-0.1, -0.05) is 37.8 Å². The van der Waals surface area contributed by atoms with Crippen LogP contribution in [0.25, 0.3) is 11.0 Å². The number of rotatable bonds is 5. The van der Waals surface area contributed by atoms with E-state index in [1.54, 1.807) is 19.9 Å². The third-order valence-electron chi connectivity index (χ3n) is 5.93. The molecule has 1 atom stereocenters. The first-order valence-electron chi connectivity index (χ1n) is 9.98. The molecule has 0 radical (unpaired) electrons. The van der Waals surface area contributed by atoms with Crippen molar-refractivity contribution in [1.82, 2.24) is 9.97 Å². The lowest BCUT2D eigenvalue weighted by atomic mass is 9.84.